The first kappa shape index (κ1) is 15.7. The molecule has 18 heavy (non-hydrogen) atoms. The zero-order valence-corrected chi connectivity index (χ0v) is 12.9. The highest BCUT2D eigenvalue weighted by Gasteiger charge is 2.21. The van der Waals surface area contributed by atoms with Gasteiger partial charge in [-0.3, -0.25) is 4.98 Å². The summed E-state index contributed by atoms with van der Waals surface area (Å²) in [5, 5.41) is 4.78. The minimum Gasteiger partial charge on any atom is -0.308 e. The van der Waals surface area contributed by atoms with Gasteiger partial charge in [0.1, 0.15) is 0 Å². The molecule has 0 saturated carbocycles. The normalized spacial score (nSPS) is 14.5. The van der Waals surface area contributed by atoms with Crippen LogP contribution in [-0.2, 0) is 0 Å². The summed E-state index contributed by atoms with van der Waals surface area (Å²) in [6.07, 6.45) is 5.08. The Balaban J connectivity index is 2.93. The van der Waals surface area contributed by atoms with Crippen LogP contribution < -0.4 is 5.32 Å². The molecule has 1 N–H and O–H groups in total. The third-order valence-electron chi connectivity index (χ3n) is 3.06. The molecule has 0 bridgehead atoms. The molecular weight excluding hydrogens is 267 g/mol. The van der Waals surface area contributed by atoms with Crippen LogP contribution in [-0.4, -0.2) is 11.5 Å². The number of nitrogens with zero attached hydrogens (tertiary/aromatic N) is 1. The Labute approximate surface area is 120 Å². The van der Waals surface area contributed by atoms with Crippen molar-refractivity contribution in [1.29, 1.82) is 0 Å². The number of aromatic nitrogens is 1. The van der Waals surface area contributed by atoms with Gasteiger partial charge in [-0.15, -0.1) is 0 Å². The monoisotopic (exact) mass is 288 g/mol. The van der Waals surface area contributed by atoms with Gasteiger partial charge in [-0.05, 0) is 31.4 Å². The van der Waals surface area contributed by atoms with Crippen molar-refractivity contribution in [1.82, 2.24) is 10.3 Å². The lowest BCUT2D eigenvalue weighted by Crippen LogP contribution is -2.28. The van der Waals surface area contributed by atoms with Crippen LogP contribution in [0.1, 0.15) is 51.8 Å². The van der Waals surface area contributed by atoms with Crippen LogP contribution in [0.25, 0.3) is 0 Å². The van der Waals surface area contributed by atoms with Crippen molar-refractivity contribution in [3.63, 3.8) is 0 Å². The average Bonchev–Trinajstić information content (AvgIpc) is 2.32. The quantitative estimate of drug-likeness (QED) is 0.775. The molecule has 1 rings (SSSR count). The molecule has 2 atom stereocenters. The van der Waals surface area contributed by atoms with Crippen LogP contribution in [0.5, 0.6) is 0 Å². The highest BCUT2D eigenvalue weighted by molar-refractivity contribution is 6.34. The maximum atomic E-state index is 6.26. The topological polar surface area (TPSA) is 24.9 Å². The summed E-state index contributed by atoms with van der Waals surface area (Å²) in [6, 6.07) is 1.97. The van der Waals surface area contributed by atoms with Crippen molar-refractivity contribution in [2.24, 2.45) is 5.92 Å². The van der Waals surface area contributed by atoms with E-state index < -0.39 is 0 Å². The standard InChI is InChI=1S/C14H22Cl2N2/c1-4-6-10(3)13(17-7-5-2)14-12(16)8-11(15)9-18-14/h8-10,13,17H,4-7H2,1-3H3. The predicted octanol–water partition coefficient (Wildman–Crippen LogP) is 4.87. The van der Waals surface area contributed by atoms with E-state index in [9.17, 15) is 0 Å². The highest BCUT2D eigenvalue weighted by Crippen LogP contribution is 2.30. The Morgan fingerprint density at radius 1 is 1.28 bits per heavy atom. The van der Waals surface area contributed by atoms with Gasteiger partial charge in [0.05, 0.1) is 21.8 Å². The Bertz CT molecular complexity index is 369. The summed E-state index contributed by atoms with van der Waals surface area (Å²) in [7, 11) is 0. The molecule has 4 heteroatoms. The summed E-state index contributed by atoms with van der Waals surface area (Å²) >= 11 is 12.2. The molecule has 0 aliphatic rings. The molecular formula is C14H22Cl2N2. The molecule has 0 amide bonds. The van der Waals surface area contributed by atoms with E-state index in [-0.39, 0.29) is 6.04 Å². The van der Waals surface area contributed by atoms with Crippen molar-refractivity contribution in [3.8, 4) is 0 Å². The fraction of sp³-hybridized carbons (Fsp3) is 0.643. The third kappa shape index (κ3) is 4.42. The van der Waals surface area contributed by atoms with E-state index in [1.54, 1.807) is 12.3 Å². The van der Waals surface area contributed by atoms with Crippen LogP contribution in [0.4, 0.5) is 0 Å². The number of hydrogen-bond acceptors (Lipinski definition) is 2. The Kier molecular flexibility index (Phi) is 6.98. The molecule has 0 saturated heterocycles. The Morgan fingerprint density at radius 3 is 2.56 bits per heavy atom. The molecule has 0 spiro atoms. The van der Waals surface area contributed by atoms with E-state index in [0.717, 1.165) is 31.5 Å². The lowest BCUT2D eigenvalue weighted by molar-refractivity contribution is 0.357. The van der Waals surface area contributed by atoms with Gasteiger partial charge in [0.25, 0.3) is 0 Å². The van der Waals surface area contributed by atoms with Gasteiger partial charge < -0.3 is 5.32 Å². The van der Waals surface area contributed by atoms with Gasteiger partial charge >= 0.3 is 0 Å². The minimum atomic E-state index is 0.203. The SMILES string of the molecule is CCCNC(c1ncc(Cl)cc1Cl)C(C)CCC. The van der Waals surface area contributed by atoms with Gasteiger partial charge in [0.2, 0.25) is 0 Å². The second-order valence-corrected chi connectivity index (χ2v) is 5.56. The summed E-state index contributed by atoms with van der Waals surface area (Å²) < 4.78 is 0. The lowest BCUT2D eigenvalue weighted by atomic mass is 9.93. The van der Waals surface area contributed by atoms with Crippen LogP contribution in [0, 0.1) is 5.92 Å². The molecule has 0 aliphatic carbocycles. The van der Waals surface area contributed by atoms with Gasteiger partial charge in [-0.25, -0.2) is 0 Å². The second-order valence-electron chi connectivity index (χ2n) is 4.72. The molecule has 1 heterocycles. The van der Waals surface area contributed by atoms with E-state index >= 15 is 0 Å². The lowest BCUT2D eigenvalue weighted by Gasteiger charge is -2.25. The van der Waals surface area contributed by atoms with E-state index in [2.05, 4.69) is 31.1 Å². The van der Waals surface area contributed by atoms with E-state index in [1.165, 1.54) is 0 Å². The third-order valence-corrected chi connectivity index (χ3v) is 3.57. The largest absolute Gasteiger partial charge is 0.308 e. The highest BCUT2D eigenvalue weighted by atomic mass is 35.5. The average molecular weight is 289 g/mol. The molecule has 1 aromatic rings. The fourth-order valence-corrected chi connectivity index (χ4v) is 2.64. The van der Waals surface area contributed by atoms with Crippen molar-refractivity contribution in [3.05, 3.63) is 28.0 Å². The van der Waals surface area contributed by atoms with Gasteiger partial charge in [-0.2, -0.15) is 0 Å². The Morgan fingerprint density at radius 2 is 2.00 bits per heavy atom. The summed E-state index contributed by atoms with van der Waals surface area (Å²) in [6.45, 7) is 7.57. The zero-order valence-electron chi connectivity index (χ0n) is 11.3. The zero-order chi connectivity index (χ0) is 13.5. The summed E-state index contributed by atoms with van der Waals surface area (Å²) in [4.78, 5) is 4.41. The number of hydrogen-bond donors (Lipinski definition) is 1. The predicted molar refractivity (Wildman–Crippen MR) is 79.4 cm³/mol. The minimum absolute atomic E-state index is 0.203. The maximum Gasteiger partial charge on any atom is 0.0762 e. The van der Waals surface area contributed by atoms with Gasteiger partial charge in [0, 0.05) is 6.20 Å². The van der Waals surface area contributed by atoms with Crippen molar-refractivity contribution < 1.29 is 0 Å². The molecule has 102 valence electrons. The molecule has 0 fully saturated rings. The number of nitrogens with one attached hydrogen (secondary N) is 1. The van der Waals surface area contributed by atoms with E-state index in [4.69, 9.17) is 23.2 Å². The molecule has 1 aromatic heterocycles. The van der Waals surface area contributed by atoms with Crippen molar-refractivity contribution in [2.75, 3.05) is 6.54 Å². The number of pyridine rings is 1. The van der Waals surface area contributed by atoms with Gasteiger partial charge in [0.15, 0.2) is 0 Å². The molecule has 2 nitrogen and oxygen atoms in total. The van der Waals surface area contributed by atoms with Crippen LogP contribution in [0.15, 0.2) is 12.3 Å². The maximum absolute atomic E-state index is 6.26. The first-order valence-electron chi connectivity index (χ1n) is 6.64. The van der Waals surface area contributed by atoms with Crippen molar-refractivity contribution in [2.45, 2.75) is 46.1 Å². The smallest absolute Gasteiger partial charge is 0.0762 e. The summed E-state index contributed by atoms with van der Waals surface area (Å²) in [5.74, 6) is 0.507. The first-order valence-corrected chi connectivity index (χ1v) is 7.40. The van der Waals surface area contributed by atoms with Crippen molar-refractivity contribution >= 4 is 23.2 Å². The molecule has 0 radical (unpaired) electrons. The van der Waals surface area contributed by atoms with Crippen LogP contribution in [0.2, 0.25) is 10.0 Å². The molecule has 0 aromatic carbocycles. The van der Waals surface area contributed by atoms with Crippen LogP contribution >= 0.6 is 23.2 Å². The van der Waals surface area contributed by atoms with Crippen LogP contribution in [0.3, 0.4) is 0 Å². The van der Waals surface area contributed by atoms with E-state index in [0.29, 0.717) is 16.0 Å². The first-order chi connectivity index (χ1) is 8.60. The second kappa shape index (κ2) is 7.98. The number of rotatable bonds is 7. The van der Waals surface area contributed by atoms with E-state index in [1.807, 2.05) is 0 Å². The summed E-state index contributed by atoms with van der Waals surface area (Å²) in [5.41, 5.74) is 0.912. The number of halogens is 2. The molecule has 0 aliphatic heterocycles. The van der Waals surface area contributed by atoms with Gasteiger partial charge in [-0.1, -0.05) is 50.4 Å². The fourth-order valence-electron chi connectivity index (χ4n) is 2.14. The molecule has 2 unspecified atom stereocenters. The Hall–Kier alpha value is -0.310.